The molecular formula is C28H30N2O4. The lowest BCUT2D eigenvalue weighted by molar-refractivity contribution is 0.0912. The first-order valence-corrected chi connectivity index (χ1v) is 11.6. The molecule has 34 heavy (non-hydrogen) atoms. The van der Waals surface area contributed by atoms with E-state index in [1.54, 1.807) is 0 Å². The zero-order valence-electron chi connectivity index (χ0n) is 19.3. The van der Waals surface area contributed by atoms with Crippen molar-refractivity contribution in [2.75, 3.05) is 13.2 Å². The molecule has 4 N–H and O–H groups in total. The smallest absolute Gasteiger partial charge is 0.255 e. The van der Waals surface area contributed by atoms with Crippen LogP contribution in [0, 0.1) is 0 Å². The molecule has 0 aliphatic carbocycles. The summed E-state index contributed by atoms with van der Waals surface area (Å²) in [5.41, 5.74) is 5.12. The maximum Gasteiger partial charge on any atom is 0.255 e. The van der Waals surface area contributed by atoms with Gasteiger partial charge in [-0.05, 0) is 53.3 Å². The third-order valence-electron chi connectivity index (χ3n) is 5.85. The average Bonchev–Trinajstić information content (AvgIpc) is 3.29. The molecule has 0 fully saturated rings. The van der Waals surface area contributed by atoms with Gasteiger partial charge >= 0.3 is 0 Å². The standard InChI is InChI=1S/C28H30N2O4/c1-2-13-34-27-12-11-21(20-9-7-19(17-31)8-10-20)15-25(27)28(33)30-23(18-32)14-22-16-29-26-6-4-3-5-24(22)26/h3-12,15-16,23,29,31-32H,2,13-14,17-18H2,1H3,(H,30,33)/t23-/m0/s1. The number of aromatic nitrogens is 1. The summed E-state index contributed by atoms with van der Waals surface area (Å²) in [5.74, 6) is 0.220. The predicted molar refractivity (Wildman–Crippen MR) is 134 cm³/mol. The molecule has 1 atom stereocenters. The van der Waals surface area contributed by atoms with Crippen molar-refractivity contribution in [1.29, 1.82) is 0 Å². The highest BCUT2D eigenvalue weighted by Crippen LogP contribution is 2.28. The summed E-state index contributed by atoms with van der Waals surface area (Å²) in [7, 11) is 0. The molecule has 0 bridgehead atoms. The number of aromatic amines is 1. The fourth-order valence-corrected chi connectivity index (χ4v) is 4.02. The molecule has 1 amide bonds. The second-order valence-electron chi connectivity index (χ2n) is 8.33. The summed E-state index contributed by atoms with van der Waals surface area (Å²) in [5, 5.41) is 23.4. The van der Waals surface area contributed by atoms with Crippen LogP contribution >= 0.6 is 0 Å². The Labute approximate surface area is 199 Å². The number of aliphatic hydroxyl groups excluding tert-OH is 2. The Bertz CT molecular complexity index is 1250. The SMILES string of the molecule is CCCOc1ccc(-c2ccc(CO)cc2)cc1C(=O)N[C@H](CO)Cc1c[nH]c2ccccc12. The van der Waals surface area contributed by atoms with Gasteiger partial charge in [-0.25, -0.2) is 0 Å². The molecule has 0 saturated carbocycles. The Morgan fingerprint density at radius 1 is 1.03 bits per heavy atom. The zero-order valence-corrected chi connectivity index (χ0v) is 19.3. The van der Waals surface area contributed by atoms with Gasteiger partial charge in [-0.2, -0.15) is 0 Å². The highest BCUT2D eigenvalue weighted by Gasteiger charge is 2.19. The first-order chi connectivity index (χ1) is 16.6. The number of ether oxygens (including phenoxy) is 1. The number of benzene rings is 3. The summed E-state index contributed by atoms with van der Waals surface area (Å²) in [6.45, 7) is 2.32. The minimum absolute atomic E-state index is 0.0172. The quantitative estimate of drug-likeness (QED) is 0.282. The van der Waals surface area contributed by atoms with E-state index >= 15 is 0 Å². The molecule has 0 aliphatic rings. The van der Waals surface area contributed by atoms with Gasteiger partial charge in [0.1, 0.15) is 5.75 Å². The predicted octanol–water partition coefficient (Wildman–Crippen LogP) is 4.45. The maximum atomic E-state index is 13.3. The molecule has 1 aromatic heterocycles. The Morgan fingerprint density at radius 2 is 1.79 bits per heavy atom. The van der Waals surface area contributed by atoms with Crippen LogP contribution in [-0.2, 0) is 13.0 Å². The first-order valence-electron chi connectivity index (χ1n) is 11.6. The molecule has 6 nitrogen and oxygen atoms in total. The Kier molecular flexibility index (Phi) is 7.62. The van der Waals surface area contributed by atoms with Crippen LogP contribution in [0.25, 0.3) is 22.0 Å². The zero-order chi connectivity index (χ0) is 23.9. The van der Waals surface area contributed by atoms with E-state index < -0.39 is 6.04 Å². The van der Waals surface area contributed by atoms with Crippen molar-refractivity contribution >= 4 is 16.8 Å². The van der Waals surface area contributed by atoms with Gasteiger partial charge in [0.2, 0.25) is 0 Å². The Morgan fingerprint density at radius 3 is 2.53 bits per heavy atom. The molecule has 176 valence electrons. The Hall–Kier alpha value is -3.61. The van der Waals surface area contributed by atoms with E-state index in [2.05, 4.69) is 10.3 Å². The second kappa shape index (κ2) is 11.0. The van der Waals surface area contributed by atoms with Gasteiger partial charge in [0.05, 0.1) is 31.4 Å². The number of aliphatic hydroxyl groups is 2. The molecular weight excluding hydrogens is 428 g/mol. The molecule has 0 unspecified atom stereocenters. The highest BCUT2D eigenvalue weighted by atomic mass is 16.5. The Balaban J connectivity index is 1.58. The highest BCUT2D eigenvalue weighted by molar-refractivity contribution is 5.98. The molecule has 0 spiro atoms. The van der Waals surface area contributed by atoms with Crippen molar-refractivity contribution in [3.8, 4) is 16.9 Å². The van der Waals surface area contributed by atoms with Crippen LogP contribution in [0.1, 0.15) is 34.8 Å². The van der Waals surface area contributed by atoms with Crippen molar-refractivity contribution in [3.63, 3.8) is 0 Å². The number of fused-ring (bicyclic) bond motifs is 1. The summed E-state index contributed by atoms with van der Waals surface area (Å²) in [4.78, 5) is 16.6. The first kappa shape index (κ1) is 23.5. The monoisotopic (exact) mass is 458 g/mol. The van der Waals surface area contributed by atoms with E-state index in [0.717, 1.165) is 39.6 Å². The van der Waals surface area contributed by atoms with Gasteiger partial charge in [-0.3, -0.25) is 4.79 Å². The summed E-state index contributed by atoms with van der Waals surface area (Å²) < 4.78 is 5.85. The summed E-state index contributed by atoms with van der Waals surface area (Å²) in [6, 6.07) is 20.6. The molecule has 0 radical (unpaired) electrons. The fourth-order valence-electron chi connectivity index (χ4n) is 4.02. The number of carbonyl (C=O) groups excluding carboxylic acids is 1. The van der Waals surface area contributed by atoms with Gasteiger partial charge in [0.15, 0.2) is 0 Å². The minimum Gasteiger partial charge on any atom is -0.493 e. The number of hydrogen-bond donors (Lipinski definition) is 4. The summed E-state index contributed by atoms with van der Waals surface area (Å²) >= 11 is 0. The van der Waals surface area contributed by atoms with E-state index in [-0.39, 0.29) is 19.1 Å². The van der Waals surface area contributed by atoms with E-state index in [9.17, 15) is 15.0 Å². The van der Waals surface area contributed by atoms with Gasteiger partial charge < -0.3 is 25.3 Å². The lowest BCUT2D eigenvalue weighted by atomic mass is 10.00. The van der Waals surface area contributed by atoms with Crippen LogP contribution in [0.4, 0.5) is 0 Å². The van der Waals surface area contributed by atoms with Gasteiger partial charge in [-0.15, -0.1) is 0 Å². The number of carbonyl (C=O) groups is 1. The number of hydrogen-bond acceptors (Lipinski definition) is 4. The molecule has 4 rings (SSSR count). The van der Waals surface area contributed by atoms with Crippen LogP contribution in [0.2, 0.25) is 0 Å². The van der Waals surface area contributed by atoms with Gasteiger partial charge in [-0.1, -0.05) is 55.5 Å². The van der Waals surface area contributed by atoms with Gasteiger partial charge in [0.25, 0.3) is 5.91 Å². The van der Waals surface area contributed by atoms with Crippen LogP contribution in [0.3, 0.4) is 0 Å². The lowest BCUT2D eigenvalue weighted by Gasteiger charge is -2.18. The maximum absolute atomic E-state index is 13.3. The van der Waals surface area contributed by atoms with E-state index in [1.165, 1.54) is 0 Å². The third-order valence-corrected chi connectivity index (χ3v) is 5.85. The van der Waals surface area contributed by atoms with Crippen molar-refractivity contribution in [3.05, 3.63) is 89.6 Å². The largest absolute Gasteiger partial charge is 0.493 e. The molecule has 1 heterocycles. The van der Waals surface area contributed by atoms with E-state index in [1.807, 2.05) is 79.9 Å². The molecule has 3 aromatic carbocycles. The number of amides is 1. The molecule has 0 saturated heterocycles. The van der Waals surface area contributed by atoms with E-state index in [4.69, 9.17) is 4.74 Å². The second-order valence-corrected chi connectivity index (χ2v) is 8.33. The van der Waals surface area contributed by atoms with Crippen LogP contribution in [-0.4, -0.2) is 40.4 Å². The van der Waals surface area contributed by atoms with Crippen LogP contribution < -0.4 is 10.1 Å². The molecule has 0 aliphatic heterocycles. The van der Waals surface area contributed by atoms with Crippen molar-refractivity contribution in [2.45, 2.75) is 32.4 Å². The average molecular weight is 459 g/mol. The fraction of sp³-hybridized carbons (Fsp3) is 0.250. The van der Waals surface area contributed by atoms with Crippen molar-refractivity contribution < 1.29 is 19.7 Å². The topological polar surface area (TPSA) is 94.6 Å². The van der Waals surface area contributed by atoms with E-state index in [0.29, 0.717) is 24.3 Å². The van der Waals surface area contributed by atoms with Crippen LogP contribution in [0.15, 0.2) is 72.9 Å². The number of nitrogens with one attached hydrogen (secondary N) is 2. The van der Waals surface area contributed by atoms with Gasteiger partial charge in [0, 0.05) is 17.1 Å². The summed E-state index contributed by atoms with van der Waals surface area (Å²) in [6.07, 6.45) is 3.25. The molecule has 6 heteroatoms. The lowest BCUT2D eigenvalue weighted by Crippen LogP contribution is -2.39. The molecule has 4 aromatic rings. The minimum atomic E-state index is -0.446. The van der Waals surface area contributed by atoms with Crippen molar-refractivity contribution in [1.82, 2.24) is 10.3 Å². The number of rotatable bonds is 10. The van der Waals surface area contributed by atoms with Crippen LogP contribution in [0.5, 0.6) is 5.75 Å². The number of H-pyrrole nitrogens is 1. The number of para-hydroxylation sites is 1. The third kappa shape index (κ3) is 5.30. The normalized spacial score (nSPS) is 12.0. The van der Waals surface area contributed by atoms with Crippen molar-refractivity contribution in [2.24, 2.45) is 0 Å².